The highest BCUT2D eigenvalue weighted by Crippen LogP contribution is 2.47. The van der Waals surface area contributed by atoms with Crippen molar-refractivity contribution >= 4 is 43.0 Å². The van der Waals surface area contributed by atoms with Crippen LogP contribution in [-0.4, -0.2) is 45.9 Å². The Morgan fingerprint density at radius 3 is 2.42 bits per heavy atom. The van der Waals surface area contributed by atoms with Gasteiger partial charge in [-0.1, -0.05) is 11.1 Å². The lowest BCUT2D eigenvalue weighted by Gasteiger charge is -2.31. The van der Waals surface area contributed by atoms with Crippen LogP contribution >= 0.6 is 22.7 Å². The second-order valence-corrected chi connectivity index (χ2v) is 12.2. The summed E-state index contributed by atoms with van der Waals surface area (Å²) in [6.07, 6.45) is 6.37. The molecule has 0 amide bonds. The van der Waals surface area contributed by atoms with Crippen molar-refractivity contribution in [2.75, 3.05) is 31.1 Å². The van der Waals surface area contributed by atoms with E-state index in [9.17, 15) is 8.42 Å². The number of allylic oxidation sites excluding steroid dienone is 1. The summed E-state index contributed by atoms with van der Waals surface area (Å²) in [5, 5.41) is 12.6. The first-order valence-electron chi connectivity index (χ1n) is 12.6. The molecule has 0 saturated carbocycles. The fraction of sp³-hybridized carbons (Fsp3) is 0.333. The predicted octanol–water partition coefficient (Wildman–Crippen LogP) is 4.83. The zero-order chi connectivity index (χ0) is 27.4. The molecule has 8 nitrogen and oxygen atoms in total. The largest absolute Gasteiger partial charge is 0.456 e. The van der Waals surface area contributed by atoms with Crippen molar-refractivity contribution in [1.29, 1.82) is 0 Å². The molecule has 1 unspecified atom stereocenters. The van der Waals surface area contributed by atoms with Gasteiger partial charge in [-0.05, 0) is 69.7 Å². The molecule has 1 heterocycles. The summed E-state index contributed by atoms with van der Waals surface area (Å²) in [5.74, 6) is 1.44. The Hall–Kier alpha value is -2.31. The topological polar surface area (TPSA) is 89.7 Å². The molecule has 0 fully saturated rings. The zero-order valence-electron chi connectivity index (χ0n) is 21.7. The van der Waals surface area contributed by atoms with Crippen LogP contribution in [0.2, 0.25) is 0 Å². The van der Waals surface area contributed by atoms with E-state index < -0.39 is 9.05 Å². The van der Waals surface area contributed by atoms with Gasteiger partial charge >= 0.3 is 0 Å². The molecule has 0 spiro atoms. The molecule has 0 aromatic heterocycles. The van der Waals surface area contributed by atoms with Gasteiger partial charge in [0.15, 0.2) is 0 Å². The lowest BCUT2D eigenvalue weighted by Crippen LogP contribution is -3.14. The SMILES string of the molecule is CCN(CC)c1ccc2c(c1)OC1=CC([NH+](CC)CC)C=CC1=C2c1ccc(S(=O)(=O)Cl)cc1SOOO. The lowest BCUT2D eigenvalue weighted by atomic mass is 9.86. The lowest BCUT2D eigenvalue weighted by molar-refractivity contribution is -0.908. The maximum Gasteiger partial charge on any atom is 0.261 e. The van der Waals surface area contributed by atoms with Crippen molar-refractivity contribution in [2.45, 2.75) is 43.5 Å². The Kier molecular flexibility index (Phi) is 9.25. The molecule has 1 atom stereocenters. The maximum atomic E-state index is 12.1. The Morgan fingerprint density at radius 2 is 1.79 bits per heavy atom. The molecule has 2 N–H and O–H groups in total. The third-order valence-corrected chi connectivity index (χ3v) is 8.95. The van der Waals surface area contributed by atoms with Crippen molar-refractivity contribution in [3.8, 4) is 5.75 Å². The standard InChI is InChI=1S/C27H31ClN2O6S2/c1-5-29(6-2)18-9-12-21-24(15-18)34-25-16-19(30(7-3)8-4)10-13-22(25)27(21)23-14-11-20(38(28,32)33)17-26(23)37-36-35-31/h9-18,31H,5-8H2,1-4H3/p+1. The molecule has 2 aliphatic rings. The molecular weight excluding hydrogens is 548 g/mol. The zero-order valence-corrected chi connectivity index (χ0v) is 24.1. The summed E-state index contributed by atoms with van der Waals surface area (Å²) in [7, 11) is 1.62. The number of hydrogen-bond donors (Lipinski definition) is 2. The number of anilines is 1. The van der Waals surface area contributed by atoms with Gasteiger partial charge in [-0.2, -0.15) is 0 Å². The van der Waals surface area contributed by atoms with E-state index in [2.05, 4.69) is 61.9 Å². The van der Waals surface area contributed by atoms with E-state index in [1.807, 2.05) is 12.1 Å². The summed E-state index contributed by atoms with van der Waals surface area (Å²) in [6.45, 7) is 12.2. The Bertz CT molecular complexity index is 1380. The maximum absolute atomic E-state index is 12.1. The summed E-state index contributed by atoms with van der Waals surface area (Å²) < 4.78 is 35.4. The van der Waals surface area contributed by atoms with Crippen LogP contribution < -0.4 is 14.5 Å². The Balaban J connectivity index is 1.96. The molecule has 0 saturated heterocycles. The summed E-state index contributed by atoms with van der Waals surface area (Å²) in [6, 6.07) is 10.8. The third kappa shape index (κ3) is 5.81. The van der Waals surface area contributed by atoms with E-state index in [1.54, 1.807) is 6.07 Å². The molecule has 1 aliphatic heterocycles. The third-order valence-electron chi connectivity index (χ3n) is 6.96. The van der Waals surface area contributed by atoms with Crippen molar-refractivity contribution in [1.82, 2.24) is 0 Å². The molecule has 4 rings (SSSR count). The van der Waals surface area contributed by atoms with E-state index in [-0.39, 0.29) is 10.9 Å². The van der Waals surface area contributed by atoms with E-state index in [0.29, 0.717) is 28.3 Å². The first-order valence-corrected chi connectivity index (χ1v) is 15.6. The minimum atomic E-state index is -4.00. The molecule has 2 aromatic rings. The second-order valence-electron chi connectivity index (χ2n) is 8.85. The van der Waals surface area contributed by atoms with Crippen molar-refractivity contribution in [3.05, 3.63) is 77.1 Å². The molecule has 11 heteroatoms. The van der Waals surface area contributed by atoms with Crippen LogP contribution in [0.15, 0.2) is 75.7 Å². The molecule has 204 valence electrons. The number of nitrogens with one attached hydrogen (secondary N) is 1. The second kappa shape index (κ2) is 12.3. The number of rotatable bonds is 11. The molecular formula is C27H32ClN2O6S2+. The number of likely N-dealkylation sites (N-methyl/N-ethyl adjacent to an activating group) is 1. The number of fused-ring (bicyclic) bond motifs is 2. The van der Waals surface area contributed by atoms with Crippen LogP contribution in [0.4, 0.5) is 5.69 Å². The molecule has 1 aliphatic carbocycles. The minimum Gasteiger partial charge on any atom is -0.456 e. The van der Waals surface area contributed by atoms with Gasteiger partial charge in [0.2, 0.25) is 0 Å². The highest BCUT2D eigenvalue weighted by atomic mass is 35.7. The van der Waals surface area contributed by atoms with E-state index in [0.717, 1.165) is 54.3 Å². The van der Waals surface area contributed by atoms with Gasteiger partial charge < -0.3 is 14.5 Å². The Labute approximate surface area is 232 Å². The first kappa shape index (κ1) is 28.7. The van der Waals surface area contributed by atoms with Gasteiger partial charge in [0.1, 0.15) is 17.6 Å². The van der Waals surface area contributed by atoms with Crippen LogP contribution in [0.5, 0.6) is 5.75 Å². The van der Waals surface area contributed by atoms with Crippen LogP contribution in [0.3, 0.4) is 0 Å². The number of quaternary nitrogens is 1. The van der Waals surface area contributed by atoms with Gasteiger partial charge in [-0.25, -0.2) is 13.7 Å². The molecule has 0 radical (unpaired) electrons. The predicted molar refractivity (Wildman–Crippen MR) is 150 cm³/mol. The number of hydrogen-bond acceptors (Lipinski definition) is 8. The van der Waals surface area contributed by atoms with Crippen molar-refractivity contribution in [2.24, 2.45) is 0 Å². The quantitative estimate of drug-likeness (QED) is 0.169. The van der Waals surface area contributed by atoms with Crippen molar-refractivity contribution < 1.29 is 32.7 Å². The van der Waals surface area contributed by atoms with Crippen LogP contribution in [0, 0.1) is 0 Å². The minimum absolute atomic E-state index is 0.0955. The normalized spacial score (nSPS) is 16.7. The molecule has 2 aromatic carbocycles. The van der Waals surface area contributed by atoms with E-state index in [4.69, 9.17) is 25.0 Å². The van der Waals surface area contributed by atoms with Crippen LogP contribution in [0.25, 0.3) is 5.57 Å². The molecule has 0 bridgehead atoms. The van der Waals surface area contributed by atoms with E-state index >= 15 is 0 Å². The summed E-state index contributed by atoms with van der Waals surface area (Å²) in [4.78, 5) is 3.95. The highest BCUT2D eigenvalue weighted by Gasteiger charge is 2.31. The smallest absolute Gasteiger partial charge is 0.261 e. The van der Waals surface area contributed by atoms with E-state index in [1.165, 1.54) is 17.0 Å². The number of benzene rings is 2. The highest BCUT2D eigenvalue weighted by molar-refractivity contribution is 8.13. The fourth-order valence-electron chi connectivity index (χ4n) is 4.98. The summed E-state index contributed by atoms with van der Waals surface area (Å²) >= 11 is 0.687. The van der Waals surface area contributed by atoms with Gasteiger partial charge in [0.05, 0.1) is 30.0 Å². The monoisotopic (exact) mass is 579 g/mol. The van der Waals surface area contributed by atoms with Gasteiger partial charge in [0.25, 0.3) is 9.05 Å². The van der Waals surface area contributed by atoms with Gasteiger partial charge in [-0.3, -0.25) is 0 Å². The first-order chi connectivity index (χ1) is 18.2. The van der Waals surface area contributed by atoms with Crippen LogP contribution in [-0.2, 0) is 18.4 Å². The fourth-order valence-corrected chi connectivity index (χ4v) is 6.37. The number of nitrogens with zero attached hydrogens (tertiary/aromatic N) is 1. The number of ether oxygens (including phenoxy) is 1. The number of halogens is 1. The van der Waals surface area contributed by atoms with Gasteiger partial charge in [0, 0.05) is 63.2 Å². The van der Waals surface area contributed by atoms with Gasteiger partial charge in [-0.15, -0.1) is 4.33 Å². The van der Waals surface area contributed by atoms with Crippen molar-refractivity contribution in [3.63, 3.8) is 0 Å². The Morgan fingerprint density at radius 1 is 1.08 bits per heavy atom. The van der Waals surface area contributed by atoms with Crippen LogP contribution in [0.1, 0.15) is 38.8 Å². The average molecular weight is 580 g/mol. The molecule has 38 heavy (non-hydrogen) atoms. The summed E-state index contributed by atoms with van der Waals surface area (Å²) in [5.41, 5.74) is 4.28. The average Bonchev–Trinajstić information content (AvgIpc) is 2.91.